The van der Waals surface area contributed by atoms with E-state index in [-0.39, 0.29) is 12.2 Å². The molecule has 2 saturated heterocycles. The van der Waals surface area contributed by atoms with Crippen LogP contribution in [0.2, 0.25) is 0 Å². The van der Waals surface area contributed by atoms with E-state index in [0.29, 0.717) is 26.1 Å². The Hall–Kier alpha value is -0.500. The van der Waals surface area contributed by atoms with Crippen molar-refractivity contribution in [3.05, 3.63) is 12.7 Å². The number of ether oxygens (including phenoxy) is 3. The topological polar surface area (TPSA) is 88.4 Å². The van der Waals surface area contributed by atoms with Crippen LogP contribution in [0.3, 0.4) is 0 Å². The van der Waals surface area contributed by atoms with Crippen LogP contribution in [0.1, 0.15) is 54.4 Å². The molecule has 2 aliphatic rings. The molecule has 3 atom stereocenters. The maximum absolute atomic E-state index is 10.4. The molecule has 0 saturated carbocycles. The molecule has 2 heterocycles. The zero-order valence-electron chi connectivity index (χ0n) is 15.3. The molecule has 6 nitrogen and oxygen atoms in total. The van der Waals surface area contributed by atoms with Gasteiger partial charge in [0.1, 0.15) is 12.2 Å². The van der Waals surface area contributed by atoms with Crippen molar-refractivity contribution >= 4 is 0 Å². The molecule has 2 rings (SSSR count). The molecular formula is C17H34O6. The predicted octanol–water partition coefficient (Wildman–Crippen LogP) is 1.97. The van der Waals surface area contributed by atoms with E-state index in [1.165, 1.54) is 13.8 Å². The van der Waals surface area contributed by atoms with Gasteiger partial charge in [-0.1, -0.05) is 19.9 Å². The van der Waals surface area contributed by atoms with E-state index >= 15 is 0 Å². The van der Waals surface area contributed by atoms with E-state index in [2.05, 4.69) is 6.58 Å². The molecule has 0 amide bonds. The maximum Gasteiger partial charge on any atom is 0.163 e. The second-order valence-corrected chi connectivity index (χ2v) is 6.50. The Morgan fingerprint density at radius 2 is 1.78 bits per heavy atom. The minimum Gasteiger partial charge on any atom is -0.387 e. The molecule has 138 valence electrons. The third-order valence-corrected chi connectivity index (χ3v) is 3.23. The zero-order valence-corrected chi connectivity index (χ0v) is 15.3. The fraction of sp³-hybridized carbons (Fsp3) is 0.882. The lowest BCUT2D eigenvalue weighted by Gasteiger charge is -2.31. The summed E-state index contributed by atoms with van der Waals surface area (Å²) in [4.78, 5) is 0. The first-order valence-corrected chi connectivity index (χ1v) is 8.18. The fourth-order valence-electron chi connectivity index (χ4n) is 2.45. The van der Waals surface area contributed by atoms with Crippen LogP contribution in [0.15, 0.2) is 12.7 Å². The summed E-state index contributed by atoms with van der Waals surface area (Å²) in [7, 11) is 0. The number of hydrogen-bond donors (Lipinski definition) is 3. The SMILES string of the molecule is C=CCC1(O)CCOC1C1COC(C)(C)O1.CC.CC(C)(O)O. The van der Waals surface area contributed by atoms with Gasteiger partial charge in [0.15, 0.2) is 11.6 Å². The first kappa shape index (κ1) is 22.5. The molecule has 2 fully saturated rings. The molecule has 0 bridgehead atoms. The Labute approximate surface area is 140 Å². The summed E-state index contributed by atoms with van der Waals surface area (Å²) < 4.78 is 16.8. The fourth-order valence-corrected chi connectivity index (χ4v) is 2.45. The summed E-state index contributed by atoms with van der Waals surface area (Å²) in [5.74, 6) is -2.08. The highest BCUT2D eigenvalue weighted by Gasteiger charge is 2.50. The van der Waals surface area contributed by atoms with E-state index < -0.39 is 17.2 Å². The van der Waals surface area contributed by atoms with Gasteiger partial charge in [0.2, 0.25) is 0 Å². The summed E-state index contributed by atoms with van der Waals surface area (Å²) >= 11 is 0. The molecule has 0 radical (unpaired) electrons. The van der Waals surface area contributed by atoms with Gasteiger partial charge in [-0.15, -0.1) is 6.58 Å². The van der Waals surface area contributed by atoms with Crippen molar-refractivity contribution in [2.45, 2.75) is 83.8 Å². The first-order chi connectivity index (χ1) is 10.5. The highest BCUT2D eigenvalue weighted by molar-refractivity contribution is 5.01. The molecule has 3 N–H and O–H groups in total. The minimum absolute atomic E-state index is 0.192. The van der Waals surface area contributed by atoms with E-state index in [1.807, 2.05) is 27.7 Å². The Morgan fingerprint density at radius 1 is 1.26 bits per heavy atom. The second-order valence-electron chi connectivity index (χ2n) is 6.50. The van der Waals surface area contributed by atoms with Crippen LogP contribution in [-0.4, -0.2) is 57.9 Å². The molecule has 0 aromatic heterocycles. The number of hydrogen-bond acceptors (Lipinski definition) is 6. The van der Waals surface area contributed by atoms with Crippen LogP contribution in [0.4, 0.5) is 0 Å². The molecule has 2 aliphatic heterocycles. The third kappa shape index (κ3) is 8.24. The Morgan fingerprint density at radius 3 is 2.17 bits per heavy atom. The van der Waals surface area contributed by atoms with Gasteiger partial charge in [0, 0.05) is 6.42 Å². The molecule has 0 aromatic carbocycles. The molecular weight excluding hydrogens is 300 g/mol. The van der Waals surface area contributed by atoms with Gasteiger partial charge in [-0.25, -0.2) is 0 Å². The summed E-state index contributed by atoms with van der Waals surface area (Å²) in [6, 6.07) is 0. The second kappa shape index (κ2) is 9.11. The maximum atomic E-state index is 10.4. The lowest BCUT2D eigenvalue weighted by molar-refractivity contribution is -0.168. The van der Waals surface area contributed by atoms with E-state index in [4.69, 9.17) is 24.4 Å². The van der Waals surface area contributed by atoms with Crippen LogP contribution in [0, 0.1) is 0 Å². The molecule has 0 aliphatic carbocycles. The first-order valence-electron chi connectivity index (χ1n) is 8.18. The van der Waals surface area contributed by atoms with Crippen molar-refractivity contribution in [3.8, 4) is 0 Å². The predicted molar refractivity (Wildman–Crippen MR) is 88.9 cm³/mol. The highest BCUT2D eigenvalue weighted by Crippen LogP contribution is 2.36. The summed E-state index contributed by atoms with van der Waals surface area (Å²) in [6.45, 7) is 15.0. The van der Waals surface area contributed by atoms with Crippen molar-refractivity contribution in [2.75, 3.05) is 13.2 Å². The van der Waals surface area contributed by atoms with Crippen molar-refractivity contribution in [1.82, 2.24) is 0 Å². The van der Waals surface area contributed by atoms with Crippen molar-refractivity contribution < 1.29 is 29.5 Å². The number of aliphatic hydroxyl groups is 3. The smallest absolute Gasteiger partial charge is 0.163 e. The average molecular weight is 334 g/mol. The van der Waals surface area contributed by atoms with Gasteiger partial charge < -0.3 is 29.5 Å². The molecule has 0 spiro atoms. The Kier molecular flexibility index (Phi) is 8.91. The van der Waals surface area contributed by atoms with Crippen molar-refractivity contribution in [1.29, 1.82) is 0 Å². The zero-order chi connectivity index (χ0) is 18.3. The van der Waals surface area contributed by atoms with E-state index in [9.17, 15) is 5.11 Å². The average Bonchev–Trinajstić information content (AvgIpc) is 2.93. The molecule has 0 aromatic rings. The van der Waals surface area contributed by atoms with Crippen molar-refractivity contribution in [3.63, 3.8) is 0 Å². The van der Waals surface area contributed by atoms with Gasteiger partial charge in [-0.05, 0) is 34.1 Å². The van der Waals surface area contributed by atoms with Crippen LogP contribution in [0.25, 0.3) is 0 Å². The van der Waals surface area contributed by atoms with Gasteiger partial charge in [-0.2, -0.15) is 0 Å². The van der Waals surface area contributed by atoms with E-state index in [1.54, 1.807) is 6.08 Å². The molecule has 23 heavy (non-hydrogen) atoms. The van der Waals surface area contributed by atoms with Gasteiger partial charge in [0.05, 0.1) is 18.8 Å². The summed E-state index contributed by atoms with van der Waals surface area (Å²) in [5, 5.41) is 26.6. The van der Waals surface area contributed by atoms with Gasteiger partial charge in [0.25, 0.3) is 0 Å². The van der Waals surface area contributed by atoms with Crippen LogP contribution >= 0.6 is 0 Å². The van der Waals surface area contributed by atoms with E-state index in [0.717, 1.165) is 0 Å². The third-order valence-electron chi connectivity index (χ3n) is 3.23. The van der Waals surface area contributed by atoms with Gasteiger partial charge >= 0.3 is 0 Å². The molecule has 3 unspecified atom stereocenters. The normalized spacial score (nSPS) is 32.4. The summed E-state index contributed by atoms with van der Waals surface area (Å²) in [6.07, 6.45) is 2.37. The van der Waals surface area contributed by atoms with Crippen molar-refractivity contribution in [2.24, 2.45) is 0 Å². The lowest BCUT2D eigenvalue weighted by atomic mass is 9.89. The van der Waals surface area contributed by atoms with Gasteiger partial charge in [-0.3, -0.25) is 0 Å². The minimum atomic E-state index is -1.50. The standard InChI is InChI=1S/C12H20O4.C3H8O2.C2H6/c1-4-5-12(13)6-7-14-10(12)9-8-15-11(2,3)16-9;1-3(2,4)5;1-2/h4,9-10,13H,1,5-8H2,2-3H3;4-5H,1-2H3;1-2H3. The highest BCUT2D eigenvalue weighted by atomic mass is 16.8. The largest absolute Gasteiger partial charge is 0.387 e. The monoisotopic (exact) mass is 334 g/mol. The molecule has 6 heteroatoms. The Balaban J connectivity index is 0.000000594. The summed E-state index contributed by atoms with van der Waals surface area (Å²) in [5.41, 5.74) is -0.851. The number of rotatable bonds is 3. The van der Waals surface area contributed by atoms with Crippen LogP contribution in [-0.2, 0) is 14.2 Å². The van der Waals surface area contributed by atoms with Crippen LogP contribution < -0.4 is 0 Å². The Bertz CT molecular complexity index is 343. The van der Waals surface area contributed by atoms with Crippen LogP contribution in [0.5, 0.6) is 0 Å². The quantitative estimate of drug-likeness (QED) is 0.540. The lowest BCUT2D eigenvalue weighted by Crippen LogP contribution is -2.47.